The SMILES string of the molecule is CC(C)NCc1cn(CCN(C)c2ccccc2)nn1. The molecule has 0 saturated carbocycles. The molecule has 5 heteroatoms. The minimum Gasteiger partial charge on any atom is -0.373 e. The molecule has 0 fully saturated rings. The molecule has 0 saturated heterocycles. The van der Waals surface area contributed by atoms with E-state index in [1.54, 1.807) is 0 Å². The molecule has 0 spiro atoms. The van der Waals surface area contributed by atoms with Crippen molar-refractivity contribution >= 4 is 5.69 Å². The van der Waals surface area contributed by atoms with Gasteiger partial charge in [-0.15, -0.1) is 5.10 Å². The summed E-state index contributed by atoms with van der Waals surface area (Å²) in [5, 5.41) is 11.7. The van der Waals surface area contributed by atoms with Crippen molar-refractivity contribution < 1.29 is 0 Å². The fourth-order valence-corrected chi connectivity index (χ4v) is 1.90. The lowest BCUT2D eigenvalue weighted by Crippen LogP contribution is -2.23. The average Bonchev–Trinajstić information content (AvgIpc) is 2.91. The lowest BCUT2D eigenvalue weighted by Gasteiger charge is -2.18. The van der Waals surface area contributed by atoms with Gasteiger partial charge in [0.25, 0.3) is 0 Å². The number of para-hydroxylation sites is 1. The maximum atomic E-state index is 4.17. The molecule has 0 radical (unpaired) electrons. The van der Waals surface area contributed by atoms with E-state index in [9.17, 15) is 0 Å². The van der Waals surface area contributed by atoms with Crippen molar-refractivity contribution in [1.82, 2.24) is 20.3 Å². The minimum absolute atomic E-state index is 0.462. The molecule has 5 nitrogen and oxygen atoms in total. The fourth-order valence-electron chi connectivity index (χ4n) is 1.90. The molecule has 0 aliphatic rings. The summed E-state index contributed by atoms with van der Waals surface area (Å²) in [6.07, 6.45) is 2.01. The first-order valence-electron chi connectivity index (χ1n) is 7.03. The van der Waals surface area contributed by atoms with E-state index in [-0.39, 0.29) is 0 Å². The second kappa shape index (κ2) is 7.05. The number of rotatable bonds is 7. The van der Waals surface area contributed by atoms with Crippen LogP contribution in [-0.4, -0.2) is 34.6 Å². The van der Waals surface area contributed by atoms with Gasteiger partial charge in [-0.05, 0) is 12.1 Å². The van der Waals surface area contributed by atoms with Crippen molar-refractivity contribution in [2.45, 2.75) is 33.0 Å². The van der Waals surface area contributed by atoms with Gasteiger partial charge in [-0.3, -0.25) is 4.68 Å². The molecule has 108 valence electrons. The predicted molar refractivity (Wildman–Crippen MR) is 81.7 cm³/mol. The Balaban J connectivity index is 1.82. The van der Waals surface area contributed by atoms with E-state index in [4.69, 9.17) is 0 Å². The Morgan fingerprint density at radius 1 is 1.25 bits per heavy atom. The van der Waals surface area contributed by atoms with Crippen LogP contribution in [0.4, 0.5) is 5.69 Å². The van der Waals surface area contributed by atoms with Crippen LogP contribution in [0.3, 0.4) is 0 Å². The van der Waals surface area contributed by atoms with E-state index < -0.39 is 0 Å². The number of nitrogens with one attached hydrogen (secondary N) is 1. The second-order valence-corrected chi connectivity index (χ2v) is 5.27. The average molecular weight is 273 g/mol. The van der Waals surface area contributed by atoms with Crippen LogP contribution in [0.1, 0.15) is 19.5 Å². The molecule has 2 aromatic rings. The highest BCUT2D eigenvalue weighted by atomic mass is 15.4. The second-order valence-electron chi connectivity index (χ2n) is 5.27. The molecular formula is C15H23N5. The smallest absolute Gasteiger partial charge is 0.0964 e. The number of anilines is 1. The molecule has 0 amide bonds. The van der Waals surface area contributed by atoms with E-state index in [1.807, 2.05) is 16.9 Å². The maximum absolute atomic E-state index is 4.17. The molecule has 0 bridgehead atoms. The van der Waals surface area contributed by atoms with Crippen molar-refractivity contribution in [2.75, 3.05) is 18.5 Å². The molecule has 0 atom stereocenters. The van der Waals surface area contributed by atoms with Gasteiger partial charge in [0.15, 0.2) is 0 Å². The van der Waals surface area contributed by atoms with Crippen LogP contribution in [0.2, 0.25) is 0 Å². The van der Waals surface area contributed by atoms with Crippen LogP contribution in [0.15, 0.2) is 36.5 Å². The summed E-state index contributed by atoms with van der Waals surface area (Å²) >= 11 is 0. The highest BCUT2D eigenvalue weighted by molar-refractivity contribution is 5.44. The molecule has 1 heterocycles. The zero-order valence-corrected chi connectivity index (χ0v) is 12.5. The van der Waals surface area contributed by atoms with Crippen LogP contribution in [-0.2, 0) is 13.1 Å². The fraction of sp³-hybridized carbons (Fsp3) is 0.467. The number of hydrogen-bond acceptors (Lipinski definition) is 4. The zero-order chi connectivity index (χ0) is 14.4. The van der Waals surface area contributed by atoms with Crippen molar-refractivity contribution in [3.8, 4) is 0 Å². The molecule has 0 aliphatic heterocycles. The lowest BCUT2D eigenvalue weighted by atomic mass is 10.3. The van der Waals surface area contributed by atoms with Crippen LogP contribution in [0, 0.1) is 0 Å². The molecule has 2 rings (SSSR count). The van der Waals surface area contributed by atoms with Gasteiger partial charge in [-0.1, -0.05) is 37.3 Å². The Morgan fingerprint density at radius 3 is 2.70 bits per heavy atom. The molecule has 1 aromatic heterocycles. The molecule has 20 heavy (non-hydrogen) atoms. The van der Waals surface area contributed by atoms with Gasteiger partial charge in [0, 0.05) is 38.1 Å². The van der Waals surface area contributed by atoms with E-state index in [1.165, 1.54) is 5.69 Å². The van der Waals surface area contributed by atoms with Gasteiger partial charge in [0.2, 0.25) is 0 Å². The van der Waals surface area contributed by atoms with E-state index >= 15 is 0 Å². The summed E-state index contributed by atoms with van der Waals surface area (Å²) in [7, 11) is 2.09. The Bertz CT molecular complexity index is 506. The van der Waals surface area contributed by atoms with Crippen LogP contribution >= 0.6 is 0 Å². The molecule has 1 N–H and O–H groups in total. The molecule has 0 unspecified atom stereocenters. The van der Waals surface area contributed by atoms with Crippen molar-refractivity contribution in [2.24, 2.45) is 0 Å². The largest absolute Gasteiger partial charge is 0.373 e. The number of nitrogens with zero attached hydrogens (tertiary/aromatic N) is 4. The third kappa shape index (κ3) is 4.35. The summed E-state index contributed by atoms with van der Waals surface area (Å²) in [6, 6.07) is 10.8. The van der Waals surface area contributed by atoms with Crippen LogP contribution in [0.25, 0.3) is 0 Å². The normalized spacial score (nSPS) is 11.0. The van der Waals surface area contributed by atoms with Gasteiger partial charge in [-0.2, -0.15) is 0 Å². The zero-order valence-electron chi connectivity index (χ0n) is 12.5. The summed E-state index contributed by atoms with van der Waals surface area (Å²) in [5.74, 6) is 0. The van der Waals surface area contributed by atoms with Crippen LogP contribution in [0.5, 0.6) is 0 Å². The van der Waals surface area contributed by atoms with E-state index in [0.717, 1.165) is 25.3 Å². The third-order valence-corrected chi connectivity index (χ3v) is 3.14. The van der Waals surface area contributed by atoms with Crippen molar-refractivity contribution in [1.29, 1.82) is 0 Å². The summed E-state index contributed by atoms with van der Waals surface area (Å²) < 4.78 is 1.90. The van der Waals surface area contributed by atoms with Crippen molar-refractivity contribution in [3.63, 3.8) is 0 Å². The number of likely N-dealkylation sites (N-methyl/N-ethyl adjacent to an activating group) is 1. The van der Waals surface area contributed by atoms with Crippen molar-refractivity contribution in [3.05, 3.63) is 42.2 Å². The Hall–Kier alpha value is -1.88. The first kappa shape index (κ1) is 14.5. The van der Waals surface area contributed by atoms with Gasteiger partial charge in [0.1, 0.15) is 0 Å². The van der Waals surface area contributed by atoms with Gasteiger partial charge in [0.05, 0.1) is 12.2 Å². The summed E-state index contributed by atoms with van der Waals surface area (Å²) in [5.41, 5.74) is 2.20. The first-order chi connectivity index (χ1) is 9.65. The standard InChI is InChI=1S/C15H23N5/c1-13(2)16-11-14-12-20(18-17-14)10-9-19(3)15-7-5-4-6-8-15/h4-8,12-13,16H,9-11H2,1-3H3. The third-order valence-electron chi connectivity index (χ3n) is 3.14. The van der Waals surface area contributed by atoms with Crippen LogP contribution < -0.4 is 10.2 Å². The van der Waals surface area contributed by atoms with Gasteiger partial charge < -0.3 is 10.2 Å². The number of benzene rings is 1. The summed E-state index contributed by atoms with van der Waals surface area (Å²) in [6.45, 7) is 6.76. The molecule has 0 aliphatic carbocycles. The predicted octanol–water partition coefficient (Wildman–Crippen LogP) is 1.91. The Labute approximate surface area is 120 Å². The number of hydrogen-bond donors (Lipinski definition) is 1. The molecule has 1 aromatic carbocycles. The Kier molecular flexibility index (Phi) is 5.12. The van der Waals surface area contributed by atoms with Gasteiger partial charge in [-0.25, -0.2) is 0 Å². The number of aromatic nitrogens is 3. The topological polar surface area (TPSA) is 46.0 Å². The summed E-state index contributed by atoms with van der Waals surface area (Å²) in [4.78, 5) is 2.22. The molecular weight excluding hydrogens is 250 g/mol. The first-order valence-corrected chi connectivity index (χ1v) is 7.03. The maximum Gasteiger partial charge on any atom is 0.0964 e. The quantitative estimate of drug-likeness (QED) is 0.837. The Morgan fingerprint density at radius 2 is 2.00 bits per heavy atom. The highest BCUT2D eigenvalue weighted by Crippen LogP contribution is 2.10. The van der Waals surface area contributed by atoms with E-state index in [2.05, 4.69) is 65.7 Å². The van der Waals surface area contributed by atoms with E-state index in [0.29, 0.717) is 6.04 Å². The lowest BCUT2D eigenvalue weighted by molar-refractivity contribution is 0.579. The monoisotopic (exact) mass is 273 g/mol. The highest BCUT2D eigenvalue weighted by Gasteiger charge is 2.04. The minimum atomic E-state index is 0.462. The van der Waals surface area contributed by atoms with Gasteiger partial charge >= 0.3 is 0 Å².